The molecule has 6 nitrogen and oxygen atoms in total. The molecule has 3 aromatic rings. The SMILES string of the molecule is Cn1cc(CCC(=O)c2cnn(-c3ccccc3)n2)cn1. The molecule has 106 valence electrons. The average molecular weight is 281 g/mol. The minimum absolute atomic E-state index is 0.0129. The van der Waals surface area contributed by atoms with Crippen molar-refractivity contribution in [1.82, 2.24) is 24.8 Å². The molecule has 0 radical (unpaired) electrons. The maximum absolute atomic E-state index is 12.1. The molecular formula is C15H15N5O. The highest BCUT2D eigenvalue weighted by molar-refractivity contribution is 5.93. The Morgan fingerprint density at radius 2 is 1.95 bits per heavy atom. The number of ketones is 1. The van der Waals surface area contributed by atoms with Crippen molar-refractivity contribution in [3.05, 3.63) is 60.2 Å². The smallest absolute Gasteiger partial charge is 0.185 e. The highest BCUT2D eigenvalue weighted by Gasteiger charge is 2.12. The van der Waals surface area contributed by atoms with E-state index in [-0.39, 0.29) is 5.78 Å². The number of para-hydroxylation sites is 1. The van der Waals surface area contributed by atoms with Crippen LogP contribution in [0.1, 0.15) is 22.5 Å². The van der Waals surface area contributed by atoms with E-state index in [0.29, 0.717) is 18.5 Å². The highest BCUT2D eigenvalue weighted by atomic mass is 16.1. The van der Waals surface area contributed by atoms with Crippen LogP contribution in [0.25, 0.3) is 5.69 Å². The molecule has 0 N–H and O–H groups in total. The molecule has 0 spiro atoms. The van der Waals surface area contributed by atoms with Crippen LogP contribution < -0.4 is 0 Å². The Hall–Kier alpha value is -2.76. The predicted octanol–water partition coefficient (Wildman–Crippen LogP) is 1.82. The van der Waals surface area contributed by atoms with Gasteiger partial charge in [-0.3, -0.25) is 9.48 Å². The van der Waals surface area contributed by atoms with Gasteiger partial charge in [-0.15, -0.1) is 5.10 Å². The molecule has 0 aliphatic rings. The molecular weight excluding hydrogens is 266 g/mol. The van der Waals surface area contributed by atoms with Crippen LogP contribution in [0.15, 0.2) is 48.9 Å². The second-order valence-corrected chi connectivity index (χ2v) is 4.80. The fraction of sp³-hybridized carbons (Fsp3) is 0.200. The van der Waals surface area contributed by atoms with Crippen molar-refractivity contribution in [1.29, 1.82) is 0 Å². The van der Waals surface area contributed by atoms with Gasteiger partial charge >= 0.3 is 0 Å². The maximum atomic E-state index is 12.1. The lowest BCUT2D eigenvalue weighted by atomic mass is 10.1. The van der Waals surface area contributed by atoms with E-state index in [4.69, 9.17) is 0 Å². The zero-order valence-electron chi connectivity index (χ0n) is 11.7. The van der Waals surface area contributed by atoms with Crippen molar-refractivity contribution in [2.75, 3.05) is 0 Å². The van der Waals surface area contributed by atoms with Gasteiger partial charge in [-0.1, -0.05) is 18.2 Å². The number of benzene rings is 1. The molecule has 3 rings (SSSR count). The molecule has 0 unspecified atom stereocenters. The lowest BCUT2D eigenvalue weighted by molar-refractivity contribution is 0.0977. The fourth-order valence-electron chi connectivity index (χ4n) is 2.06. The van der Waals surface area contributed by atoms with E-state index in [0.717, 1.165) is 11.3 Å². The summed E-state index contributed by atoms with van der Waals surface area (Å²) in [5.74, 6) is -0.0129. The van der Waals surface area contributed by atoms with Gasteiger partial charge in [-0.05, 0) is 24.1 Å². The monoisotopic (exact) mass is 281 g/mol. The first-order chi connectivity index (χ1) is 10.2. The van der Waals surface area contributed by atoms with E-state index in [2.05, 4.69) is 15.3 Å². The van der Waals surface area contributed by atoms with E-state index >= 15 is 0 Å². The summed E-state index contributed by atoms with van der Waals surface area (Å²) in [7, 11) is 1.86. The second kappa shape index (κ2) is 5.70. The molecule has 21 heavy (non-hydrogen) atoms. The molecule has 0 aliphatic carbocycles. The summed E-state index contributed by atoms with van der Waals surface area (Å²) >= 11 is 0. The Balaban J connectivity index is 1.67. The van der Waals surface area contributed by atoms with Gasteiger partial charge < -0.3 is 0 Å². The Morgan fingerprint density at radius 1 is 1.14 bits per heavy atom. The standard InChI is InChI=1S/C15H15N5O/c1-19-11-12(9-16-19)7-8-15(21)14-10-17-20(18-14)13-5-3-2-4-6-13/h2-6,9-11H,7-8H2,1H3. The van der Waals surface area contributed by atoms with E-state index in [1.165, 1.54) is 11.0 Å². The lowest BCUT2D eigenvalue weighted by Gasteiger charge is -1.98. The van der Waals surface area contributed by atoms with Crippen LogP contribution in [-0.4, -0.2) is 30.6 Å². The molecule has 0 saturated heterocycles. The van der Waals surface area contributed by atoms with Crippen LogP contribution >= 0.6 is 0 Å². The molecule has 0 bridgehead atoms. The number of hydrogen-bond acceptors (Lipinski definition) is 4. The Bertz CT molecular complexity index is 744. The van der Waals surface area contributed by atoms with Gasteiger partial charge in [0.2, 0.25) is 0 Å². The van der Waals surface area contributed by atoms with Crippen molar-refractivity contribution in [2.24, 2.45) is 7.05 Å². The lowest BCUT2D eigenvalue weighted by Crippen LogP contribution is -2.04. The topological polar surface area (TPSA) is 65.6 Å². The van der Waals surface area contributed by atoms with E-state index in [1.54, 1.807) is 10.9 Å². The van der Waals surface area contributed by atoms with Crippen LogP contribution in [0.2, 0.25) is 0 Å². The molecule has 2 aromatic heterocycles. The Labute approximate surface area is 122 Å². The quantitative estimate of drug-likeness (QED) is 0.669. The number of hydrogen-bond donors (Lipinski definition) is 0. The van der Waals surface area contributed by atoms with Gasteiger partial charge in [-0.2, -0.15) is 15.0 Å². The summed E-state index contributed by atoms with van der Waals surface area (Å²) in [6.07, 6.45) is 6.25. The Morgan fingerprint density at radius 3 is 2.67 bits per heavy atom. The molecule has 0 atom stereocenters. The van der Waals surface area contributed by atoms with Gasteiger partial charge in [0, 0.05) is 19.7 Å². The van der Waals surface area contributed by atoms with Crippen molar-refractivity contribution in [2.45, 2.75) is 12.8 Å². The number of carbonyl (C=O) groups is 1. The number of rotatable bonds is 5. The summed E-state index contributed by atoms with van der Waals surface area (Å²) < 4.78 is 1.73. The number of nitrogens with zero attached hydrogens (tertiary/aromatic N) is 5. The molecule has 2 heterocycles. The zero-order chi connectivity index (χ0) is 14.7. The predicted molar refractivity (Wildman–Crippen MR) is 77.2 cm³/mol. The van der Waals surface area contributed by atoms with Crippen molar-refractivity contribution >= 4 is 5.78 Å². The van der Waals surface area contributed by atoms with Gasteiger partial charge in [0.25, 0.3) is 0 Å². The summed E-state index contributed by atoms with van der Waals surface area (Å²) in [6.45, 7) is 0. The van der Waals surface area contributed by atoms with Crippen molar-refractivity contribution in [3.63, 3.8) is 0 Å². The molecule has 6 heteroatoms. The van der Waals surface area contributed by atoms with Gasteiger partial charge in [0.1, 0.15) is 5.69 Å². The normalized spacial score (nSPS) is 10.7. The maximum Gasteiger partial charge on any atom is 0.185 e. The second-order valence-electron chi connectivity index (χ2n) is 4.80. The first-order valence-corrected chi connectivity index (χ1v) is 6.71. The molecule has 0 saturated carbocycles. The number of aromatic nitrogens is 5. The number of Topliss-reactive ketones (excluding diaryl/α,β-unsaturated/α-hetero) is 1. The summed E-state index contributed by atoms with van der Waals surface area (Å²) in [4.78, 5) is 13.6. The van der Waals surface area contributed by atoms with Crippen LogP contribution in [0.4, 0.5) is 0 Å². The molecule has 0 fully saturated rings. The first kappa shape index (κ1) is 13.2. The summed E-state index contributed by atoms with van der Waals surface area (Å²) in [5, 5.41) is 12.5. The molecule has 0 aliphatic heterocycles. The molecule has 1 aromatic carbocycles. The van der Waals surface area contributed by atoms with Crippen molar-refractivity contribution in [3.8, 4) is 5.69 Å². The number of carbonyl (C=O) groups excluding carboxylic acids is 1. The van der Waals surface area contributed by atoms with Crippen LogP contribution in [-0.2, 0) is 13.5 Å². The third-order valence-electron chi connectivity index (χ3n) is 3.16. The minimum atomic E-state index is -0.0129. The largest absolute Gasteiger partial charge is 0.292 e. The Kier molecular flexibility index (Phi) is 3.59. The van der Waals surface area contributed by atoms with Crippen molar-refractivity contribution < 1.29 is 4.79 Å². The summed E-state index contributed by atoms with van der Waals surface area (Å²) in [5.41, 5.74) is 2.27. The van der Waals surface area contributed by atoms with Crippen LogP contribution in [0.3, 0.4) is 0 Å². The zero-order valence-corrected chi connectivity index (χ0v) is 11.7. The van der Waals surface area contributed by atoms with Gasteiger partial charge in [-0.25, -0.2) is 0 Å². The van der Waals surface area contributed by atoms with Crippen LogP contribution in [0.5, 0.6) is 0 Å². The third-order valence-corrected chi connectivity index (χ3v) is 3.16. The van der Waals surface area contributed by atoms with Gasteiger partial charge in [0.05, 0.1) is 18.1 Å². The fourth-order valence-corrected chi connectivity index (χ4v) is 2.06. The average Bonchev–Trinajstić information content (AvgIpc) is 3.15. The minimum Gasteiger partial charge on any atom is -0.292 e. The molecule has 0 amide bonds. The highest BCUT2D eigenvalue weighted by Crippen LogP contribution is 2.08. The first-order valence-electron chi connectivity index (χ1n) is 6.71. The van der Waals surface area contributed by atoms with E-state index in [1.807, 2.05) is 43.6 Å². The third kappa shape index (κ3) is 3.05. The van der Waals surface area contributed by atoms with Crippen LogP contribution in [0, 0.1) is 0 Å². The van der Waals surface area contributed by atoms with E-state index in [9.17, 15) is 4.79 Å². The van der Waals surface area contributed by atoms with Gasteiger partial charge in [0.15, 0.2) is 5.78 Å². The summed E-state index contributed by atoms with van der Waals surface area (Å²) in [6, 6.07) is 9.52. The van der Waals surface area contributed by atoms with E-state index < -0.39 is 0 Å². The number of aryl methyl sites for hydroxylation is 2.